The highest BCUT2D eigenvalue weighted by molar-refractivity contribution is 9.09. The van der Waals surface area contributed by atoms with E-state index in [1.54, 1.807) is 0 Å². The highest BCUT2D eigenvalue weighted by atomic mass is 79.9. The van der Waals surface area contributed by atoms with E-state index in [4.69, 9.17) is 9.94 Å². The molecule has 5 nitrogen and oxygen atoms in total. The Labute approximate surface area is 110 Å². The Morgan fingerprint density at radius 1 is 1.65 bits per heavy atom. The van der Waals surface area contributed by atoms with Crippen molar-refractivity contribution in [2.75, 3.05) is 11.9 Å². The molecule has 1 heterocycles. The van der Waals surface area contributed by atoms with Crippen LogP contribution >= 0.6 is 15.9 Å². The van der Waals surface area contributed by atoms with Gasteiger partial charge in [-0.3, -0.25) is 0 Å². The first-order valence-corrected chi connectivity index (χ1v) is 6.48. The number of halogens is 1. The minimum absolute atomic E-state index is 0.112. The zero-order valence-electron chi connectivity index (χ0n) is 10.4. The molecule has 0 atom stereocenters. The smallest absolute Gasteiger partial charge is 0.305 e. The van der Waals surface area contributed by atoms with Crippen molar-refractivity contribution in [1.82, 2.24) is 4.57 Å². The van der Waals surface area contributed by atoms with E-state index < -0.39 is 0 Å². The molecule has 0 aromatic carbocycles. The Morgan fingerprint density at radius 2 is 2.35 bits per heavy atom. The minimum atomic E-state index is 0.112. The van der Waals surface area contributed by atoms with Crippen LogP contribution in [-0.4, -0.2) is 27.9 Å². The molecular formula is C11H19BrN3O2+. The molecular weight excluding hydrogens is 286 g/mol. The summed E-state index contributed by atoms with van der Waals surface area (Å²) in [5.74, 6) is 0.782. The molecule has 1 rings (SSSR count). The zero-order valence-corrected chi connectivity index (χ0v) is 12.0. The predicted octanol–water partition coefficient (Wildman–Crippen LogP) is 1.52. The Kier molecular flexibility index (Phi) is 5.14. The number of nitrogens with zero attached hydrogens (tertiary/aromatic N) is 3. The maximum absolute atomic E-state index is 8.58. The Balaban J connectivity index is 2.58. The normalized spacial score (nSPS) is 12.5. The molecule has 0 aliphatic heterocycles. The molecule has 1 aromatic rings. The first-order chi connectivity index (χ1) is 8.00. The lowest BCUT2D eigenvalue weighted by Gasteiger charge is -2.20. The van der Waals surface area contributed by atoms with Gasteiger partial charge in [0, 0.05) is 5.33 Å². The SMILES string of the molecule is C[n+]1ccn(COCC(C)(C)CBr)c1/C=N/O. The monoisotopic (exact) mass is 304 g/mol. The van der Waals surface area contributed by atoms with Gasteiger partial charge in [-0.2, -0.15) is 0 Å². The largest absolute Gasteiger partial charge is 0.411 e. The molecule has 0 unspecified atom stereocenters. The summed E-state index contributed by atoms with van der Waals surface area (Å²) in [6, 6.07) is 0. The summed E-state index contributed by atoms with van der Waals surface area (Å²) in [5.41, 5.74) is 0.112. The average molecular weight is 305 g/mol. The summed E-state index contributed by atoms with van der Waals surface area (Å²) in [7, 11) is 1.88. The molecule has 1 aromatic heterocycles. The predicted molar refractivity (Wildman–Crippen MR) is 68.5 cm³/mol. The van der Waals surface area contributed by atoms with Gasteiger partial charge in [0.15, 0.2) is 12.9 Å². The van der Waals surface area contributed by atoms with Crippen LogP contribution in [0.25, 0.3) is 0 Å². The number of aromatic nitrogens is 2. The van der Waals surface area contributed by atoms with Crippen molar-refractivity contribution >= 4 is 22.1 Å². The summed E-state index contributed by atoms with van der Waals surface area (Å²) in [5, 5.41) is 12.5. The number of oxime groups is 1. The molecule has 0 aliphatic carbocycles. The van der Waals surface area contributed by atoms with Gasteiger partial charge in [0.1, 0.15) is 12.4 Å². The van der Waals surface area contributed by atoms with E-state index in [1.807, 2.05) is 28.6 Å². The molecule has 0 amide bonds. The fraction of sp³-hybridized carbons (Fsp3) is 0.636. The van der Waals surface area contributed by atoms with Gasteiger partial charge in [-0.05, 0) is 5.41 Å². The van der Waals surface area contributed by atoms with E-state index in [0.29, 0.717) is 13.3 Å². The fourth-order valence-corrected chi connectivity index (χ4v) is 1.48. The van der Waals surface area contributed by atoms with Gasteiger partial charge >= 0.3 is 5.82 Å². The highest BCUT2D eigenvalue weighted by Gasteiger charge is 2.18. The summed E-state index contributed by atoms with van der Waals surface area (Å²) in [6.45, 7) is 5.37. The third-order valence-electron chi connectivity index (χ3n) is 2.38. The van der Waals surface area contributed by atoms with Gasteiger partial charge in [0.05, 0.1) is 13.7 Å². The maximum Gasteiger partial charge on any atom is 0.305 e. The van der Waals surface area contributed by atoms with Gasteiger partial charge < -0.3 is 9.94 Å². The molecule has 96 valence electrons. The molecule has 0 saturated carbocycles. The van der Waals surface area contributed by atoms with Crippen molar-refractivity contribution in [3.63, 3.8) is 0 Å². The van der Waals surface area contributed by atoms with Crippen molar-refractivity contribution in [3.8, 4) is 0 Å². The number of imidazole rings is 1. The van der Waals surface area contributed by atoms with E-state index in [-0.39, 0.29) is 5.41 Å². The van der Waals surface area contributed by atoms with E-state index in [0.717, 1.165) is 11.2 Å². The van der Waals surface area contributed by atoms with Crippen LogP contribution in [0.15, 0.2) is 17.5 Å². The Morgan fingerprint density at radius 3 is 2.94 bits per heavy atom. The average Bonchev–Trinajstić information content (AvgIpc) is 2.62. The number of hydrogen-bond donors (Lipinski definition) is 1. The van der Waals surface area contributed by atoms with Crippen LogP contribution < -0.4 is 4.57 Å². The van der Waals surface area contributed by atoms with Gasteiger partial charge in [0.2, 0.25) is 0 Å². The third-order valence-corrected chi connectivity index (χ3v) is 3.90. The molecule has 17 heavy (non-hydrogen) atoms. The third kappa shape index (κ3) is 4.12. The Hall–Kier alpha value is -0.880. The van der Waals surface area contributed by atoms with E-state index in [9.17, 15) is 0 Å². The van der Waals surface area contributed by atoms with Crippen molar-refractivity contribution in [2.24, 2.45) is 17.6 Å². The number of hydrogen-bond acceptors (Lipinski definition) is 3. The maximum atomic E-state index is 8.58. The van der Waals surface area contributed by atoms with Crippen molar-refractivity contribution < 1.29 is 14.5 Å². The van der Waals surface area contributed by atoms with Crippen LogP contribution in [0.3, 0.4) is 0 Å². The van der Waals surface area contributed by atoms with Crippen LogP contribution in [-0.2, 0) is 18.5 Å². The first-order valence-electron chi connectivity index (χ1n) is 5.36. The summed E-state index contributed by atoms with van der Waals surface area (Å²) >= 11 is 3.46. The molecule has 0 bridgehead atoms. The molecule has 0 spiro atoms. The summed E-state index contributed by atoms with van der Waals surface area (Å²) in [6.07, 6.45) is 5.16. The fourth-order valence-electron chi connectivity index (χ4n) is 1.32. The second-order valence-electron chi connectivity index (χ2n) is 4.76. The van der Waals surface area contributed by atoms with Crippen molar-refractivity contribution in [2.45, 2.75) is 20.6 Å². The zero-order chi connectivity index (χ0) is 12.9. The van der Waals surface area contributed by atoms with E-state index in [1.165, 1.54) is 6.21 Å². The lowest BCUT2D eigenvalue weighted by molar-refractivity contribution is -0.672. The summed E-state index contributed by atoms with van der Waals surface area (Å²) in [4.78, 5) is 0. The van der Waals surface area contributed by atoms with Crippen LogP contribution in [0.2, 0.25) is 0 Å². The summed E-state index contributed by atoms with van der Waals surface area (Å²) < 4.78 is 9.39. The second-order valence-corrected chi connectivity index (χ2v) is 5.32. The number of rotatable bonds is 6. The van der Waals surface area contributed by atoms with Gasteiger partial charge in [-0.1, -0.05) is 34.9 Å². The van der Waals surface area contributed by atoms with E-state index >= 15 is 0 Å². The topological polar surface area (TPSA) is 50.6 Å². The molecule has 6 heteroatoms. The van der Waals surface area contributed by atoms with Crippen LogP contribution in [0.5, 0.6) is 0 Å². The number of alkyl halides is 1. The van der Waals surface area contributed by atoms with Gasteiger partial charge in [0.25, 0.3) is 0 Å². The molecule has 1 N–H and O–H groups in total. The standard InChI is InChI=1S/C11H18BrN3O2/c1-11(2,7-12)8-17-9-15-5-4-14(3)10(15)6-13-16/h4-6H,7-9H2,1-3H3/p+1. The van der Waals surface area contributed by atoms with E-state index in [2.05, 4.69) is 34.9 Å². The second kappa shape index (κ2) is 6.16. The molecule has 0 aliphatic rings. The number of ether oxygens (including phenoxy) is 1. The molecule has 0 fully saturated rings. The van der Waals surface area contributed by atoms with Crippen LogP contribution in [0.4, 0.5) is 0 Å². The highest BCUT2D eigenvalue weighted by Crippen LogP contribution is 2.18. The lowest BCUT2D eigenvalue weighted by Crippen LogP contribution is -2.32. The van der Waals surface area contributed by atoms with Crippen molar-refractivity contribution in [1.29, 1.82) is 0 Å². The first kappa shape index (κ1) is 14.2. The van der Waals surface area contributed by atoms with Gasteiger partial charge in [-0.25, -0.2) is 9.13 Å². The minimum Gasteiger partial charge on any atom is -0.411 e. The molecule has 0 radical (unpaired) electrons. The van der Waals surface area contributed by atoms with Crippen LogP contribution in [0.1, 0.15) is 19.7 Å². The number of aryl methyl sites for hydroxylation is 1. The Bertz CT molecular complexity index is 388. The quantitative estimate of drug-likeness (QED) is 0.285. The lowest BCUT2D eigenvalue weighted by atomic mass is 9.99. The molecule has 0 saturated heterocycles. The van der Waals surface area contributed by atoms with Crippen LogP contribution in [0, 0.1) is 5.41 Å². The van der Waals surface area contributed by atoms with Crippen molar-refractivity contribution in [3.05, 3.63) is 18.2 Å². The van der Waals surface area contributed by atoms with Gasteiger partial charge in [-0.15, -0.1) is 0 Å².